The Bertz CT molecular complexity index is 638. The van der Waals surface area contributed by atoms with Crippen LogP contribution >= 0.6 is 45.2 Å². The Balaban J connectivity index is 1.59. The van der Waals surface area contributed by atoms with Gasteiger partial charge in [0.2, 0.25) is 0 Å². The maximum Gasteiger partial charge on any atom is 0.184 e. The van der Waals surface area contributed by atoms with Crippen molar-refractivity contribution in [2.24, 2.45) is 0 Å². The molecular formula is C20H20I2O4. The van der Waals surface area contributed by atoms with E-state index in [-0.39, 0.29) is 37.0 Å². The number of halogens is 2. The molecule has 0 spiro atoms. The molecule has 0 aliphatic carbocycles. The molecular weight excluding hydrogens is 558 g/mol. The minimum Gasteiger partial charge on any atom is -0.341 e. The molecule has 6 heteroatoms. The summed E-state index contributed by atoms with van der Waals surface area (Å²) >= 11 is 4.73. The number of rotatable bonds is 4. The number of fused-ring (bicyclic) bond motifs is 1. The molecule has 2 aliphatic heterocycles. The average molecular weight is 578 g/mol. The molecule has 26 heavy (non-hydrogen) atoms. The normalized spacial score (nSPS) is 34.2. The fraction of sp³-hybridized carbons (Fsp3) is 0.400. The molecule has 6 atom stereocenters. The Morgan fingerprint density at radius 3 is 1.31 bits per heavy atom. The fourth-order valence-corrected chi connectivity index (χ4v) is 4.78. The molecule has 2 aliphatic rings. The Labute approximate surface area is 180 Å². The summed E-state index contributed by atoms with van der Waals surface area (Å²) in [5, 5.41) is 0. The third-order valence-corrected chi connectivity index (χ3v) is 6.40. The van der Waals surface area contributed by atoms with Crippen LogP contribution in [-0.2, 0) is 18.9 Å². The summed E-state index contributed by atoms with van der Waals surface area (Å²) in [6, 6.07) is 20.1. The molecule has 2 saturated heterocycles. The van der Waals surface area contributed by atoms with E-state index in [9.17, 15) is 0 Å². The molecule has 0 unspecified atom stereocenters. The molecule has 0 saturated carbocycles. The first-order valence-electron chi connectivity index (χ1n) is 8.64. The molecule has 2 aromatic rings. The highest BCUT2D eigenvalue weighted by atomic mass is 127. The van der Waals surface area contributed by atoms with Gasteiger partial charge in [-0.2, -0.15) is 0 Å². The molecule has 0 aromatic heterocycles. The molecule has 0 radical (unpaired) electrons. The van der Waals surface area contributed by atoms with E-state index in [1.807, 2.05) is 60.7 Å². The highest BCUT2D eigenvalue weighted by molar-refractivity contribution is 14.1. The van der Waals surface area contributed by atoms with Crippen molar-refractivity contribution in [2.75, 3.05) is 8.86 Å². The van der Waals surface area contributed by atoms with Gasteiger partial charge >= 0.3 is 0 Å². The van der Waals surface area contributed by atoms with Crippen LogP contribution in [0.15, 0.2) is 60.7 Å². The highest BCUT2D eigenvalue weighted by Crippen LogP contribution is 2.41. The van der Waals surface area contributed by atoms with Crippen LogP contribution in [0, 0.1) is 0 Å². The Hall–Kier alpha value is -0.260. The topological polar surface area (TPSA) is 36.9 Å². The third kappa shape index (κ3) is 3.95. The minimum atomic E-state index is -0.386. The molecule has 0 N–H and O–H groups in total. The van der Waals surface area contributed by atoms with Gasteiger partial charge in [0.25, 0.3) is 0 Å². The zero-order valence-electron chi connectivity index (χ0n) is 14.0. The molecule has 2 aromatic carbocycles. The number of alkyl halides is 2. The third-order valence-electron chi connectivity index (χ3n) is 4.66. The lowest BCUT2D eigenvalue weighted by atomic mass is 10.00. The second-order valence-electron chi connectivity index (χ2n) is 6.34. The van der Waals surface area contributed by atoms with Gasteiger partial charge in [0.1, 0.15) is 12.2 Å². The van der Waals surface area contributed by atoms with E-state index in [0.29, 0.717) is 0 Å². The fourth-order valence-electron chi connectivity index (χ4n) is 3.36. The molecule has 4 rings (SSSR count). The van der Waals surface area contributed by atoms with Crippen molar-refractivity contribution >= 4 is 45.2 Å². The maximum absolute atomic E-state index is 6.32. The first-order chi connectivity index (χ1) is 12.8. The summed E-state index contributed by atoms with van der Waals surface area (Å²) in [6.07, 6.45) is -1.15. The van der Waals surface area contributed by atoms with Gasteiger partial charge in [-0.05, 0) is 0 Å². The molecule has 4 nitrogen and oxygen atoms in total. The average Bonchev–Trinajstić information content (AvgIpc) is 2.73. The van der Waals surface area contributed by atoms with Gasteiger partial charge in [-0.25, -0.2) is 0 Å². The number of ether oxygens (including phenoxy) is 4. The Kier molecular flexibility index (Phi) is 6.48. The van der Waals surface area contributed by atoms with Crippen LogP contribution in [0.3, 0.4) is 0 Å². The number of hydrogen-bond acceptors (Lipinski definition) is 4. The SMILES string of the molecule is IC[C@@H]1O[C@H](c2ccccc2)O[C@H]2[C@H]1O[C@@H](c1ccccc1)O[C@H]2CI. The summed E-state index contributed by atoms with van der Waals surface area (Å²) in [5.41, 5.74) is 2.05. The van der Waals surface area contributed by atoms with Crippen LogP contribution in [0.1, 0.15) is 23.7 Å². The summed E-state index contributed by atoms with van der Waals surface area (Å²) < 4.78 is 26.8. The van der Waals surface area contributed by atoms with Crippen molar-refractivity contribution in [3.63, 3.8) is 0 Å². The van der Waals surface area contributed by atoms with Gasteiger partial charge in [0.15, 0.2) is 12.6 Å². The predicted octanol–water partition coefficient (Wildman–Crippen LogP) is 4.82. The second kappa shape index (κ2) is 8.83. The van der Waals surface area contributed by atoms with Gasteiger partial charge in [-0.1, -0.05) is 106 Å². The van der Waals surface area contributed by atoms with Crippen molar-refractivity contribution in [3.05, 3.63) is 71.8 Å². The van der Waals surface area contributed by atoms with E-state index >= 15 is 0 Å². The smallest absolute Gasteiger partial charge is 0.184 e. The quantitative estimate of drug-likeness (QED) is 0.386. The molecule has 2 fully saturated rings. The monoisotopic (exact) mass is 578 g/mol. The van der Waals surface area contributed by atoms with Crippen molar-refractivity contribution in [2.45, 2.75) is 37.0 Å². The summed E-state index contributed by atoms with van der Waals surface area (Å²) in [4.78, 5) is 0. The van der Waals surface area contributed by atoms with Crippen molar-refractivity contribution < 1.29 is 18.9 Å². The van der Waals surface area contributed by atoms with Crippen LogP contribution < -0.4 is 0 Å². The standard InChI is InChI=1S/C20H20I2O4/c21-11-15-18-17(25-19(23-15)13-7-3-1-4-8-13)16(12-22)24-20(26-18)14-9-5-2-6-10-14/h1-10,15-20H,11-12H2/t15-,16-,17-,18+,19-,20-/m0/s1. The van der Waals surface area contributed by atoms with Crippen molar-refractivity contribution in [1.82, 2.24) is 0 Å². The largest absolute Gasteiger partial charge is 0.341 e. The second-order valence-corrected chi connectivity index (χ2v) is 8.11. The Morgan fingerprint density at radius 2 is 0.962 bits per heavy atom. The summed E-state index contributed by atoms with van der Waals surface area (Å²) in [5.74, 6) is 0. The summed E-state index contributed by atoms with van der Waals surface area (Å²) in [6.45, 7) is 0. The zero-order valence-corrected chi connectivity index (χ0v) is 18.4. The van der Waals surface area contributed by atoms with Crippen LogP contribution in [0.2, 0.25) is 0 Å². The first kappa shape index (κ1) is 19.1. The lowest BCUT2D eigenvalue weighted by molar-refractivity contribution is -0.375. The molecule has 138 valence electrons. The van der Waals surface area contributed by atoms with Crippen LogP contribution in [0.4, 0.5) is 0 Å². The Morgan fingerprint density at radius 1 is 0.577 bits per heavy atom. The van der Waals surface area contributed by atoms with Crippen molar-refractivity contribution in [3.8, 4) is 0 Å². The first-order valence-corrected chi connectivity index (χ1v) is 11.7. The van der Waals surface area contributed by atoms with E-state index < -0.39 is 0 Å². The van der Waals surface area contributed by atoms with Gasteiger partial charge in [-0.15, -0.1) is 0 Å². The number of benzene rings is 2. The molecule has 0 bridgehead atoms. The van der Waals surface area contributed by atoms with E-state index in [1.165, 1.54) is 0 Å². The van der Waals surface area contributed by atoms with Gasteiger partial charge in [0, 0.05) is 20.0 Å². The van der Waals surface area contributed by atoms with E-state index in [1.54, 1.807) is 0 Å². The van der Waals surface area contributed by atoms with Crippen molar-refractivity contribution in [1.29, 1.82) is 0 Å². The lowest BCUT2D eigenvalue weighted by Gasteiger charge is -2.48. The minimum absolute atomic E-state index is 0.0416. The summed E-state index contributed by atoms with van der Waals surface area (Å²) in [7, 11) is 0. The van der Waals surface area contributed by atoms with E-state index in [2.05, 4.69) is 45.2 Å². The lowest BCUT2D eigenvalue weighted by Crippen LogP contribution is -2.59. The highest BCUT2D eigenvalue weighted by Gasteiger charge is 2.49. The van der Waals surface area contributed by atoms with Gasteiger partial charge in [0.05, 0.1) is 12.2 Å². The van der Waals surface area contributed by atoms with E-state index in [4.69, 9.17) is 18.9 Å². The van der Waals surface area contributed by atoms with E-state index in [0.717, 1.165) is 20.0 Å². The van der Waals surface area contributed by atoms with Gasteiger partial charge in [-0.3, -0.25) is 0 Å². The number of hydrogen-bond donors (Lipinski definition) is 0. The van der Waals surface area contributed by atoms with Crippen LogP contribution in [0.5, 0.6) is 0 Å². The van der Waals surface area contributed by atoms with Crippen LogP contribution in [-0.4, -0.2) is 33.3 Å². The zero-order chi connectivity index (χ0) is 17.9. The van der Waals surface area contributed by atoms with Crippen LogP contribution in [0.25, 0.3) is 0 Å². The maximum atomic E-state index is 6.32. The molecule has 0 amide bonds. The molecule has 2 heterocycles. The van der Waals surface area contributed by atoms with Gasteiger partial charge < -0.3 is 18.9 Å². The predicted molar refractivity (Wildman–Crippen MR) is 116 cm³/mol.